The van der Waals surface area contributed by atoms with Gasteiger partial charge in [-0.3, -0.25) is 0 Å². The number of hydrogen-bond donors (Lipinski definition) is 1. The van der Waals surface area contributed by atoms with Gasteiger partial charge < -0.3 is 15.0 Å². The Bertz CT molecular complexity index is 449. The molecule has 0 unspecified atom stereocenters. The van der Waals surface area contributed by atoms with Crippen LogP contribution < -0.4 is 5.32 Å². The van der Waals surface area contributed by atoms with Gasteiger partial charge in [0, 0.05) is 30.9 Å². The van der Waals surface area contributed by atoms with Gasteiger partial charge in [0.15, 0.2) is 0 Å². The predicted octanol–water partition coefficient (Wildman–Crippen LogP) is 3.78. The highest BCUT2D eigenvalue weighted by molar-refractivity contribution is 6.30. The Balaban J connectivity index is 2.73. The molecule has 20 heavy (non-hydrogen) atoms. The summed E-state index contributed by atoms with van der Waals surface area (Å²) in [6.07, 6.45) is 0. The highest BCUT2D eigenvalue weighted by Crippen LogP contribution is 2.20. The Morgan fingerprint density at radius 1 is 1.45 bits per heavy atom. The Hall–Kier alpha value is -1.26. The number of anilines is 1. The number of aryl methyl sites for hydroxylation is 1. The maximum absolute atomic E-state index is 12.3. The summed E-state index contributed by atoms with van der Waals surface area (Å²) in [5.74, 6) is 0.406. The summed E-state index contributed by atoms with van der Waals surface area (Å²) < 4.78 is 5.05. The molecule has 0 atom stereocenters. The van der Waals surface area contributed by atoms with Crippen LogP contribution in [0.1, 0.15) is 19.4 Å². The van der Waals surface area contributed by atoms with E-state index in [0.717, 1.165) is 11.3 Å². The molecule has 0 radical (unpaired) electrons. The zero-order valence-electron chi connectivity index (χ0n) is 12.6. The molecule has 1 N–H and O–H groups in total. The van der Waals surface area contributed by atoms with Gasteiger partial charge in [-0.25, -0.2) is 4.79 Å². The molecule has 4 nitrogen and oxygen atoms in total. The lowest BCUT2D eigenvalue weighted by Crippen LogP contribution is -2.39. The van der Waals surface area contributed by atoms with Crippen molar-refractivity contribution >= 4 is 23.3 Å². The first-order valence-electron chi connectivity index (χ1n) is 6.75. The Morgan fingerprint density at radius 3 is 2.70 bits per heavy atom. The normalized spacial score (nSPS) is 10.7. The molecule has 0 heterocycles. The van der Waals surface area contributed by atoms with Gasteiger partial charge >= 0.3 is 6.03 Å². The molecule has 112 valence electrons. The zero-order valence-corrected chi connectivity index (χ0v) is 13.3. The van der Waals surface area contributed by atoms with E-state index in [1.54, 1.807) is 18.1 Å². The third-order valence-corrected chi connectivity index (χ3v) is 3.10. The first-order chi connectivity index (χ1) is 9.43. The van der Waals surface area contributed by atoms with Gasteiger partial charge in [0.25, 0.3) is 0 Å². The van der Waals surface area contributed by atoms with Gasteiger partial charge in [-0.05, 0) is 36.6 Å². The summed E-state index contributed by atoms with van der Waals surface area (Å²) in [6, 6.07) is 5.31. The van der Waals surface area contributed by atoms with Crippen molar-refractivity contribution in [2.75, 3.05) is 32.1 Å². The minimum absolute atomic E-state index is 0.110. The van der Waals surface area contributed by atoms with Crippen LogP contribution in [0.2, 0.25) is 5.02 Å². The first kappa shape index (κ1) is 16.8. The number of nitrogens with zero attached hydrogens (tertiary/aromatic N) is 1. The predicted molar refractivity (Wildman–Crippen MR) is 83.5 cm³/mol. The van der Waals surface area contributed by atoms with E-state index in [1.165, 1.54) is 0 Å². The number of methoxy groups -OCH3 is 1. The van der Waals surface area contributed by atoms with Crippen LogP contribution >= 0.6 is 11.6 Å². The van der Waals surface area contributed by atoms with Crippen LogP contribution in [0.3, 0.4) is 0 Å². The zero-order chi connectivity index (χ0) is 15.1. The second kappa shape index (κ2) is 8.12. The number of ether oxygens (including phenoxy) is 1. The standard InChI is InChI=1S/C15H23ClN2O2/c1-11(2)10-18(7-8-20-4)15(19)17-14-6-5-13(16)9-12(14)3/h5-6,9,11H,7-8,10H2,1-4H3,(H,17,19). The number of benzene rings is 1. The highest BCUT2D eigenvalue weighted by Gasteiger charge is 2.15. The molecule has 0 aliphatic rings. The van der Waals surface area contributed by atoms with E-state index < -0.39 is 0 Å². The van der Waals surface area contributed by atoms with Gasteiger partial charge in [0.05, 0.1) is 6.61 Å². The second-order valence-corrected chi connectivity index (χ2v) is 5.66. The molecular formula is C15H23ClN2O2. The van der Waals surface area contributed by atoms with Crippen molar-refractivity contribution in [3.05, 3.63) is 28.8 Å². The topological polar surface area (TPSA) is 41.6 Å². The van der Waals surface area contributed by atoms with Gasteiger partial charge in [-0.2, -0.15) is 0 Å². The molecule has 0 aliphatic heterocycles. The highest BCUT2D eigenvalue weighted by atomic mass is 35.5. The van der Waals surface area contributed by atoms with Crippen LogP contribution in [0, 0.1) is 12.8 Å². The molecule has 1 rings (SSSR count). The van der Waals surface area contributed by atoms with Crippen molar-refractivity contribution in [1.29, 1.82) is 0 Å². The van der Waals surface area contributed by atoms with Crippen LogP contribution in [0.4, 0.5) is 10.5 Å². The summed E-state index contributed by atoms with van der Waals surface area (Å²) in [5.41, 5.74) is 1.73. The molecule has 0 saturated heterocycles. The minimum atomic E-state index is -0.110. The molecule has 0 saturated carbocycles. The third-order valence-electron chi connectivity index (χ3n) is 2.87. The van der Waals surface area contributed by atoms with Gasteiger partial charge in [0.1, 0.15) is 0 Å². The SMILES string of the molecule is COCCN(CC(C)C)C(=O)Nc1ccc(Cl)cc1C. The second-order valence-electron chi connectivity index (χ2n) is 5.22. The van der Waals surface area contributed by atoms with E-state index in [9.17, 15) is 4.79 Å². The van der Waals surface area contributed by atoms with Crippen molar-refractivity contribution in [3.8, 4) is 0 Å². The Kier molecular flexibility index (Phi) is 6.82. The lowest BCUT2D eigenvalue weighted by molar-refractivity contribution is 0.150. The first-order valence-corrected chi connectivity index (χ1v) is 7.13. The summed E-state index contributed by atoms with van der Waals surface area (Å²) in [4.78, 5) is 14.1. The lowest BCUT2D eigenvalue weighted by atomic mass is 10.2. The quantitative estimate of drug-likeness (QED) is 0.868. The van der Waals surface area contributed by atoms with E-state index in [4.69, 9.17) is 16.3 Å². The number of carbonyl (C=O) groups is 1. The largest absolute Gasteiger partial charge is 0.383 e. The number of nitrogens with one attached hydrogen (secondary N) is 1. The smallest absolute Gasteiger partial charge is 0.321 e. The summed E-state index contributed by atoms with van der Waals surface area (Å²) in [6.45, 7) is 7.89. The fourth-order valence-electron chi connectivity index (χ4n) is 1.88. The molecule has 1 aromatic rings. The molecule has 5 heteroatoms. The van der Waals surface area contributed by atoms with E-state index >= 15 is 0 Å². The third kappa shape index (κ3) is 5.39. The molecule has 2 amide bonds. The average molecular weight is 299 g/mol. The number of halogens is 1. The number of urea groups is 1. The number of carbonyl (C=O) groups excluding carboxylic acids is 1. The number of hydrogen-bond acceptors (Lipinski definition) is 2. The number of amides is 2. The van der Waals surface area contributed by atoms with Crippen LogP contribution in [-0.2, 0) is 4.74 Å². The summed E-state index contributed by atoms with van der Waals surface area (Å²) >= 11 is 5.91. The molecule has 1 aromatic carbocycles. The van der Waals surface area contributed by atoms with E-state index in [0.29, 0.717) is 30.6 Å². The maximum atomic E-state index is 12.3. The molecule has 0 bridgehead atoms. The van der Waals surface area contributed by atoms with Gasteiger partial charge in [0.2, 0.25) is 0 Å². The minimum Gasteiger partial charge on any atom is -0.383 e. The van der Waals surface area contributed by atoms with E-state index in [1.807, 2.05) is 19.1 Å². The average Bonchev–Trinajstić information content (AvgIpc) is 2.37. The Morgan fingerprint density at radius 2 is 2.15 bits per heavy atom. The maximum Gasteiger partial charge on any atom is 0.321 e. The van der Waals surface area contributed by atoms with Crippen molar-refractivity contribution in [1.82, 2.24) is 4.90 Å². The van der Waals surface area contributed by atoms with E-state index in [2.05, 4.69) is 19.2 Å². The fourth-order valence-corrected chi connectivity index (χ4v) is 2.11. The molecule has 0 aromatic heterocycles. The van der Waals surface area contributed by atoms with Crippen LogP contribution in [-0.4, -0.2) is 37.7 Å². The van der Waals surface area contributed by atoms with Crippen molar-refractivity contribution in [2.45, 2.75) is 20.8 Å². The van der Waals surface area contributed by atoms with Crippen molar-refractivity contribution in [2.24, 2.45) is 5.92 Å². The van der Waals surface area contributed by atoms with E-state index in [-0.39, 0.29) is 6.03 Å². The van der Waals surface area contributed by atoms with Gasteiger partial charge in [-0.1, -0.05) is 25.4 Å². The van der Waals surface area contributed by atoms with Crippen LogP contribution in [0.5, 0.6) is 0 Å². The molecular weight excluding hydrogens is 276 g/mol. The van der Waals surface area contributed by atoms with Crippen LogP contribution in [0.15, 0.2) is 18.2 Å². The lowest BCUT2D eigenvalue weighted by Gasteiger charge is -2.25. The summed E-state index contributed by atoms with van der Waals surface area (Å²) in [5, 5.41) is 3.59. The van der Waals surface area contributed by atoms with Gasteiger partial charge in [-0.15, -0.1) is 0 Å². The molecule has 0 aliphatic carbocycles. The molecule has 0 spiro atoms. The number of rotatable bonds is 6. The molecule has 0 fully saturated rings. The monoisotopic (exact) mass is 298 g/mol. The summed E-state index contributed by atoms with van der Waals surface area (Å²) in [7, 11) is 1.63. The van der Waals surface area contributed by atoms with Crippen molar-refractivity contribution < 1.29 is 9.53 Å². The Labute approximate surface area is 126 Å². The van der Waals surface area contributed by atoms with Crippen molar-refractivity contribution in [3.63, 3.8) is 0 Å². The van der Waals surface area contributed by atoms with Crippen LogP contribution in [0.25, 0.3) is 0 Å². The fraction of sp³-hybridized carbons (Fsp3) is 0.533.